The predicted octanol–water partition coefficient (Wildman–Crippen LogP) is 4.23. The maximum Gasteiger partial charge on any atom is 0.122 e. The van der Waals surface area contributed by atoms with Gasteiger partial charge in [0.2, 0.25) is 0 Å². The summed E-state index contributed by atoms with van der Waals surface area (Å²) in [6.45, 7) is 9.10. The lowest BCUT2D eigenvalue weighted by Crippen LogP contribution is -2.10. The Bertz CT molecular complexity index is 309. The monoisotopic (exact) mass is 206 g/mol. The molecule has 0 amide bonds. The topological polar surface area (TPSA) is 9.23 Å². The van der Waals surface area contributed by atoms with Crippen molar-refractivity contribution in [1.82, 2.24) is 0 Å². The molecule has 0 saturated heterocycles. The van der Waals surface area contributed by atoms with E-state index in [1.165, 1.54) is 12.0 Å². The summed E-state index contributed by atoms with van der Waals surface area (Å²) in [6, 6.07) is 8.30. The second kappa shape index (κ2) is 4.69. The molecule has 1 aromatic carbocycles. The highest BCUT2D eigenvalue weighted by Crippen LogP contribution is 2.34. The maximum atomic E-state index is 5.38. The van der Waals surface area contributed by atoms with Crippen LogP contribution in [0.1, 0.15) is 45.6 Å². The van der Waals surface area contributed by atoms with Crippen molar-refractivity contribution < 1.29 is 4.74 Å². The highest BCUT2D eigenvalue weighted by atomic mass is 16.5. The Morgan fingerprint density at radius 1 is 1.20 bits per heavy atom. The van der Waals surface area contributed by atoms with E-state index in [0.29, 0.717) is 11.3 Å². The van der Waals surface area contributed by atoms with Gasteiger partial charge >= 0.3 is 0 Å². The molecule has 0 bridgehead atoms. The predicted molar refractivity (Wildman–Crippen MR) is 65.5 cm³/mol. The number of hydrogen-bond donors (Lipinski definition) is 0. The number of benzene rings is 1. The van der Waals surface area contributed by atoms with Crippen LogP contribution in [0, 0.1) is 5.41 Å². The van der Waals surface area contributed by atoms with E-state index in [4.69, 9.17) is 4.74 Å². The number of rotatable bonds is 3. The Morgan fingerprint density at radius 3 is 2.33 bits per heavy atom. The molecule has 0 spiro atoms. The first kappa shape index (κ1) is 12.1. The van der Waals surface area contributed by atoms with Crippen molar-refractivity contribution in [3.63, 3.8) is 0 Å². The highest BCUT2D eigenvalue weighted by molar-refractivity contribution is 5.35. The summed E-state index contributed by atoms with van der Waals surface area (Å²) in [5.74, 6) is 1.55. The molecule has 1 heteroatoms. The van der Waals surface area contributed by atoms with E-state index in [2.05, 4.69) is 39.8 Å². The number of para-hydroxylation sites is 1. The average molecular weight is 206 g/mol. The highest BCUT2D eigenvalue weighted by Gasteiger charge is 2.18. The maximum absolute atomic E-state index is 5.38. The number of hydrogen-bond acceptors (Lipinski definition) is 1. The molecule has 0 heterocycles. The van der Waals surface area contributed by atoms with Crippen LogP contribution >= 0.6 is 0 Å². The third-order valence-electron chi connectivity index (χ3n) is 2.59. The fourth-order valence-electron chi connectivity index (χ4n) is 2.10. The van der Waals surface area contributed by atoms with E-state index >= 15 is 0 Å². The molecule has 0 aliphatic heterocycles. The third-order valence-corrected chi connectivity index (χ3v) is 2.59. The minimum atomic E-state index is 0.361. The van der Waals surface area contributed by atoms with Gasteiger partial charge in [-0.25, -0.2) is 0 Å². The van der Waals surface area contributed by atoms with Gasteiger partial charge in [0.1, 0.15) is 5.75 Å². The Morgan fingerprint density at radius 2 is 1.80 bits per heavy atom. The molecule has 0 radical (unpaired) electrons. The molecule has 1 aromatic rings. The van der Waals surface area contributed by atoms with Crippen molar-refractivity contribution in [2.24, 2.45) is 5.41 Å². The molecule has 1 unspecified atom stereocenters. The summed E-state index contributed by atoms with van der Waals surface area (Å²) in [4.78, 5) is 0. The fourth-order valence-corrected chi connectivity index (χ4v) is 2.10. The summed E-state index contributed by atoms with van der Waals surface area (Å²) in [7, 11) is 1.74. The van der Waals surface area contributed by atoms with Gasteiger partial charge in [-0.1, -0.05) is 45.9 Å². The lowest BCUT2D eigenvalue weighted by Gasteiger charge is -2.24. The van der Waals surface area contributed by atoms with Crippen molar-refractivity contribution >= 4 is 0 Å². The second-order valence-electron chi connectivity index (χ2n) is 5.41. The average Bonchev–Trinajstić information content (AvgIpc) is 2.15. The smallest absolute Gasteiger partial charge is 0.122 e. The van der Waals surface area contributed by atoms with Gasteiger partial charge in [-0.2, -0.15) is 0 Å². The van der Waals surface area contributed by atoms with Gasteiger partial charge in [0, 0.05) is 0 Å². The minimum absolute atomic E-state index is 0.361. The normalized spacial score (nSPS) is 13.7. The van der Waals surface area contributed by atoms with Gasteiger partial charge in [-0.05, 0) is 29.4 Å². The summed E-state index contributed by atoms with van der Waals surface area (Å²) >= 11 is 0. The van der Waals surface area contributed by atoms with Crippen molar-refractivity contribution in [2.45, 2.75) is 40.0 Å². The lowest BCUT2D eigenvalue weighted by atomic mass is 9.82. The van der Waals surface area contributed by atoms with Gasteiger partial charge < -0.3 is 4.74 Å². The van der Waals surface area contributed by atoms with Crippen LogP contribution < -0.4 is 4.74 Å². The van der Waals surface area contributed by atoms with Crippen molar-refractivity contribution in [2.75, 3.05) is 7.11 Å². The molecule has 1 atom stereocenters. The molecule has 0 aromatic heterocycles. The molecule has 84 valence electrons. The Hall–Kier alpha value is -0.980. The molecule has 0 N–H and O–H groups in total. The van der Waals surface area contributed by atoms with Crippen LogP contribution in [0.4, 0.5) is 0 Å². The SMILES string of the molecule is COc1ccccc1C(C)CC(C)(C)C. The van der Waals surface area contributed by atoms with Crippen LogP contribution in [0.3, 0.4) is 0 Å². The van der Waals surface area contributed by atoms with E-state index in [0.717, 1.165) is 5.75 Å². The largest absolute Gasteiger partial charge is 0.496 e. The first-order valence-corrected chi connectivity index (χ1v) is 5.57. The molecule has 1 rings (SSSR count). The first-order valence-electron chi connectivity index (χ1n) is 5.57. The third kappa shape index (κ3) is 3.58. The fraction of sp³-hybridized carbons (Fsp3) is 0.571. The molecule has 0 aliphatic carbocycles. The van der Waals surface area contributed by atoms with Crippen LogP contribution in [0.2, 0.25) is 0 Å². The van der Waals surface area contributed by atoms with Gasteiger partial charge in [0.25, 0.3) is 0 Å². The molecular weight excluding hydrogens is 184 g/mol. The Kier molecular flexibility index (Phi) is 3.78. The van der Waals surface area contributed by atoms with E-state index in [1.807, 2.05) is 12.1 Å². The number of methoxy groups -OCH3 is 1. The summed E-state index contributed by atoms with van der Waals surface area (Å²) in [5, 5.41) is 0. The molecule has 0 fully saturated rings. The molecule has 1 nitrogen and oxygen atoms in total. The van der Waals surface area contributed by atoms with Gasteiger partial charge in [-0.3, -0.25) is 0 Å². The van der Waals surface area contributed by atoms with Crippen molar-refractivity contribution in [1.29, 1.82) is 0 Å². The van der Waals surface area contributed by atoms with Gasteiger partial charge in [0.15, 0.2) is 0 Å². The molecule has 15 heavy (non-hydrogen) atoms. The molecule has 0 aliphatic rings. The summed E-state index contributed by atoms with van der Waals surface area (Å²) in [6.07, 6.45) is 1.17. The zero-order valence-electron chi connectivity index (χ0n) is 10.5. The van der Waals surface area contributed by atoms with E-state index in [-0.39, 0.29) is 0 Å². The lowest BCUT2D eigenvalue weighted by molar-refractivity contribution is 0.340. The van der Waals surface area contributed by atoms with Crippen molar-refractivity contribution in [3.8, 4) is 5.75 Å². The van der Waals surface area contributed by atoms with E-state index in [9.17, 15) is 0 Å². The quantitative estimate of drug-likeness (QED) is 0.719. The van der Waals surface area contributed by atoms with Crippen molar-refractivity contribution in [3.05, 3.63) is 29.8 Å². The van der Waals surface area contributed by atoms with Gasteiger partial charge in [0.05, 0.1) is 7.11 Å². The minimum Gasteiger partial charge on any atom is -0.496 e. The Balaban J connectivity index is 2.86. The van der Waals surface area contributed by atoms with Gasteiger partial charge in [-0.15, -0.1) is 0 Å². The molecular formula is C14H22O. The molecule has 0 saturated carbocycles. The summed E-state index contributed by atoms with van der Waals surface area (Å²) in [5.41, 5.74) is 1.68. The van der Waals surface area contributed by atoms with E-state index < -0.39 is 0 Å². The standard InChI is InChI=1S/C14H22O/c1-11(10-14(2,3)4)12-8-6-7-9-13(12)15-5/h6-9,11H,10H2,1-5H3. The Labute approximate surface area is 93.5 Å². The second-order valence-corrected chi connectivity index (χ2v) is 5.41. The van der Waals surface area contributed by atoms with Crippen LogP contribution in [-0.4, -0.2) is 7.11 Å². The van der Waals surface area contributed by atoms with Crippen LogP contribution in [-0.2, 0) is 0 Å². The summed E-state index contributed by atoms with van der Waals surface area (Å²) < 4.78 is 5.38. The van der Waals surface area contributed by atoms with Crippen LogP contribution in [0.5, 0.6) is 5.75 Å². The van der Waals surface area contributed by atoms with E-state index in [1.54, 1.807) is 7.11 Å². The zero-order chi connectivity index (χ0) is 11.5. The van der Waals surface area contributed by atoms with Crippen LogP contribution in [0.25, 0.3) is 0 Å². The first-order chi connectivity index (χ1) is 6.94. The van der Waals surface area contributed by atoms with Crippen LogP contribution in [0.15, 0.2) is 24.3 Å². The number of ether oxygens (including phenoxy) is 1. The zero-order valence-corrected chi connectivity index (χ0v) is 10.5.